The molecule has 7 nitrogen and oxygen atoms in total. The zero-order chi connectivity index (χ0) is 18.7. The number of hydrogen-bond donors (Lipinski definition) is 2. The van der Waals surface area contributed by atoms with E-state index in [4.69, 9.17) is 16.3 Å². The van der Waals surface area contributed by atoms with Gasteiger partial charge in [0.2, 0.25) is 5.91 Å². The summed E-state index contributed by atoms with van der Waals surface area (Å²) in [6.45, 7) is 1.34. The van der Waals surface area contributed by atoms with Gasteiger partial charge < -0.3 is 15.0 Å². The number of carbonyl (C=O) groups excluding carboxylic acids is 3. The number of hydrogen-bond acceptors (Lipinski definition) is 4. The standard InChI is InChI=1S/C18H22ClN3O4/c1-26-14-9-12(8-13(19)10-14)11-4-6-22(7-5-11)16(23)3-2-15-17(24)21-18(25)20-15/h8-11,15H,2-7H2,1H3,(H2,20,21,24,25)/t15-/m1/s1. The van der Waals surface area contributed by atoms with Crippen LogP contribution < -0.4 is 15.4 Å². The Bertz CT molecular complexity index is 716. The van der Waals surface area contributed by atoms with E-state index in [0.717, 1.165) is 24.2 Å². The third kappa shape index (κ3) is 4.27. The number of halogens is 1. The summed E-state index contributed by atoms with van der Waals surface area (Å²) in [7, 11) is 1.61. The summed E-state index contributed by atoms with van der Waals surface area (Å²) in [6, 6.07) is 4.62. The summed E-state index contributed by atoms with van der Waals surface area (Å²) < 4.78 is 5.27. The van der Waals surface area contributed by atoms with E-state index >= 15 is 0 Å². The maximum Gasteiger partial charge on any atom is 0.322 e. The lowest BCUT2D eigenvalue weighted by Gasteiger charge is -2.32. The van der Waals surface area contributed by atoms with Gasteiger partial charge in [-0.3, -0.25) is 14.9 Å². The van der Waals surface area contributed by atoms with Crippen LogP contribution in [0.5, 0.6) is 5.75 Å². The molecule has 0 bridgehead atoms. The number of benzene rings is 1. The summed E-state index contributed by atoms with van der Waals surface area (Å²) in [5, 5.41) is 5.33. The maximum atomic E-state index is 12.4. The quantitative estimate of drug-likeness (QED) is 0.766. The molecule has 1 aromatic rings. The van der Waals surface area contributed by atoms with Crippen molar-refractivity contribution in [1.82, 2.24) is 15.5 Å². The number of piperidine rings is 1. The second-order valence-corrected chi connectivity index (χ2v) is 7.07. The summed E-state index contributed by atoms with van der Waals surface area (Å²) in [6.07, 6.45) is 2.28. The number of likely N-dealkylation sites (tertiary alicyclic amines) is 1. The van der Waals surface area contributed by atoms with E-state index in [1.54, 1.807) is 13.2 Å². The molecule has 0 aliphatic carbocycles. The van der Waals surface area contributed by atoms with E-state index in [2.05, 4.69) is 10.6 Å². The van der Waals surface area contributed by atoms with Gasteiger partial charge in [-0.25, -0.2) is 4.79 Å². The fraction of sp³-hybridized carbons (Fsp3) is 0.500. The monoisotopic (exact) mass is 379 g/mol. The first-order chi connectivity index (χ1) is 12.5. The number of nitrogens with one attached hydrogen (secondary N) is 2. The Balaban J connectivity index is 1.50. The van der Waals surface area contributed by atoms with Crippen LogP contribution in [0.1, 0.15) is 37.2 Å². The molecule has 4 amide bonds. The smallest absolute Gasteiger partial charge is 0.322 e. The molecule has 2 aliphatic heterocycles. The van der Waals surface area contributed by atoms with Gasteiger partial charge >= 0.3 is 6.03 Å². The highest BCUT2D eigenvalue weighted by atomic mass is 35.5. The van der Waals surface area contributed by atoms with Crippen molar-refractivity contribution in [2.45, 2.75) is 37.6 Å². The fourth-order valence-corrected chi connectivity index (χ4v) is 3.72. The number of urea groups is 1. The minimum atomic E-state index is -0.608. The van der Waals surface area contributed by atoms with Gasteiger partial charge in [0.05, 0.1) is 7.11 Å². The molecule has 0 saturated carbocycles. The number of carbonyl (C=O) groups is 3. The van der Waals surface area contributed by atoms with Crippen LogP contribution in [0, 0.1) is 0 Å². The van der Waals surface area contributed by atoms with Gasteiger partial charge in [-0.2, -0.15) is 0 Å². The van der Waals surface area contributed by atoms with E-state index in [9.17, 15) is 14.4 Å². The Morgan fingerprint density at radius 3 is 2.62 bits per heavy atom. The Labute approximate surface area is 157 Å². The number of rotatable bonds is 5. The van der Waals surface area contributed by atoms with Crippen molar-refractivity contribution in [3.63, 3.8) is 0 Å². The fourth-order valence-electron chi connectivity index (χ4n) is 3.49. The second-order valence-electron chi connectivity index (χ2n) is 6.63. The summed E-state index contributed by atoms with van der Waals surface area (Å²) in [5.74, 6) is 0.729. The molecule has 26 heavy (non-hydrogen) atoms. The molecule has 2 N–H and O–H groups in total. The van der Waals surface area contributed by atoms with Crippen molar-refractivity contribution < 1.29 is 19.1 Å². The zero-order valence-electron chi connectivity index (χ0n) is 14.6. The molecule has 0 unspecified atom stereocenters. The van der Waals surface area contributed by atoms with Crippen molar-refractivity contribution in [1.29, 1.82) is 0 Å². The van der Waals surface area contributed by atoms with Gasteiger partial charge in [-0.1, -0.05) is 11.6 Å². The summed E-state index contributed by atoms with van der Waals surface area (Å²) in [4.78, 5) is 36.8. The molecule has 1 aromatic carbocycles. The molecule has 2 aliphatic rings. The number of amides is 4. The lowest BCUT2D eigenvalue weighted by Crippen LogP contribution is -2.39. The van der Waals surface area contributed by atoms with Crippen molar-refractivity contribution in [3.05, 3.63) is 28.8 Å². The largest absolute Gasteiger partial charge is 0.497 e. The van der Waals surface area contributed by atoms with Crippen molar-refractivity contribution in [2.75, 3.05) is 20.2 Å². The topological polar surface area (TPSA) is 87.7 Å². The van der Waals surface area contributed by atoms with Gasteiger partial charge in [0.25, 0.3) is 5.91 Å². The minimum absolute atomic E-state index is 0.0149. The average molecular weight is 380 g/mol. The van der Waals surface area contributed by atoms with Crippen LogP contribution in [0.4, 0.5) is 4.79 Å². The summed E-state index contributed by atoms with van der Waals surface area (Å²) >= 11 is 6.15. The minimum Gasteiger partial charge on any atom is -0.497 e. The maximum absolute atomic E-state index is 12.4. The molecule has 2 heterocycles. The average Bonchev–Trinajstić information content (AvgIpc) is 2.96. The van der Waals surface area contributed by atoms with Crippen LogP contribution in [0.3, 0.4) is 0 Å². The second kappa shape index (κ2) is 7.95. The molecule has 2 saturated heterocycles. The van der Waals surface area contributed by atoms with Crippen LogP contribution in [0.2, 0.25) is 5.02 Å². The molecule has 0 radical (unpaired) electrons. The number of ether oxygens (including phenoxy) is 1. The highest BCUT2D eigenvalue weighted by Crippen LogP contribution is 2.32. The van der Waals surface area contributed by atoms with Crippen LogP contribution in [-0.2, 0) is 9.59 Å². The van der Waals surface area contributed by atoms with Crippen LogP contribution >= 0.6 is 11.6 Å². The van der Waals surface area contributed by atoms with Gasteiger partial charge in [0, 0.05) is 24.5 Å². The van der Waals surface area contributed by atoms with Gasteiger partial charge in [-0.15, -0.1) is 0 Å². The Hall–Kier alpha value is -2.28. The Morgan fingerprint density at radius 2 is 2.00 bits per heavy atom. The van der Waals surface area contributed by atoms with Crippen LogP contribution in [0.25, 0.3) is 0 Å². The zero-order valence-corrected chi connectivity index (χ0v) is 15.3. The molecule has 1 atom stereocenters. The van der Waals surface area contributed by atoms with Gasteiger partial charge in [0.15, 0.2) is 0 Å². The van der Waals surface area contributed by atoms with Gasteiger partial charge in [0.1, 0.15) is 11.8 Å². The highest BCUT2D eigenvalue weighted by molar-refractivity contribution is 6.30. The molecular weight excluding hydrogens is 358 g/mol. The predicted octanol–water partition coefficient (Wildman–Crippen LogP) is 2.04. The summed E-state index contributed by atoms with van der Waals surface area (Å²) in [5.41, 5.74) is 1.13. The number of methoxy groups -OCH3 is 1. The molecule has 0 aromatic heterocycles. The first-order valence-electron chi connectivity index (χ1n) is 8.70. The van der Waals surface area contributed by atoms with Crippen LogP contribution in [0.15, 0.2) is 18.2 Å². The van der Waals surface area contributed by atoms with Crippen molar-refractivity contribution in [2.24, 2.45) is 0 Å². The van der Waals surface area contributed by atoms with E-state index in [0.29, 0.717) is 30.5 Å². The Kier molecular flexibility index (Phi) is 5.66. The SMILES string of the molecule is COc1cc(Cl)cc(C2CCN(C(=O)CC[C@H]3NC(=O)NC3=O)CC2)c1. The number of nitrogens with zero attached hydrogens (tertiary/aromatic N) is 1. The van der Waals surface area contributed by atoms with Gasteiger partial charge in [-0.05, 0) is 48.9 Å². The van der Waals surface area contributed by atoms with Crippen LogP contribution in [-0.4, -0.2) is 49.0 Å². The lowest BCUT2D eigenvalue weighted by atomic mass is 9.89. The highest BCUT2D eigenvalue weighted by Gasteiger charge is 2.31. The van der Waals surface area contributed by atoms with E-state index < -0.39 is 12.1 Å². The lowest BCUT2D eigenvalue weighted by molar-refractivity contribution is -0.132. The third-order valence-corrected chi connectivity index (χ3v) is 5.17. The van der Waals surface area contributed by atoms with E-state index in [1.165, 1.54) is 0 Å². The normalized spacial score (nSPS) is 20.7. The van der Waals surface area contributed by atoms with E-state index in [-0.39, 0.29) is 18.2 Å². The predicted molar refractivity (Wildman–Crippen MR) is 96.3 cm³/mol. The van der Waals surface area contributed by atoms with E-state index in [1.807, 2.05) is 17.0 Å². The molecular formula is C18H22ClN3O4. The molecule has 2 fully saturated rings. The molecule has 140 valence electrons. The first-order valence-corrected chi connectivity index (χ1v) is 9.07. The third-order valence-electron chi connectivity index (χ3n) is 4.95. The Morgan fingerprint density at radius 1 is 1.27 bits per heavy atom. The van der Waals surface area contributed by atoms with Crippen molar-refractivity contribution >= 4 is 29.4 Å². The molecule has 8 heteroatoms. The molecule has 3 rings (SSSR count). The number of imide groups is 1. The first kappa shape index (κ1) is 18.5. The molecule has 0 spiro atoms. The van der Waals surface area contributed by atoms with Crippen molar-refractivity contribution in [3.8, 4) is 5.75 Å².